The third-order valence-electron chi connectivity index (χ3n) is 17.2. The van der Waals surface area contributed by atoms with Gasteiger partial charge >= 0.3 is 0 Å². The lowest BCUT2D eigenvalue weighted by atomic mass is 9.93. The Kier molecular flexibility index (Phi) is 14.1. The van der Waals surface area contributed by atoms with Crippen molar-refractivity contribution < 1.29 is 0 Å². The van der Waals surface area contributed by atoms with E-state index in [1.54, 1.807) is 18.6 Å². The molecule has 0 bridgehead atoms. The van der Waals surface area contributed by atoms with Crippen LogP contribution in [0, 0.1) is 0 Å². The molecular formula is C84H55N7. The molecule has 0 saturated carbocycles. The second-order valence-corrected chi connectivity index (χ2v) is 22.7. The van der Waals surface area contributed by atoms with Crippen LogP contribution in [0.1, 0.15) is 0 Å². The Hall–Kier alpha value is -12.3. The van der Waals surface area contributed by atoms with Gasteiger partial charge in [0.2, 0.25) is 0 Å². The normalized spacial score (nSPS) is 11.3. The second-order valence-electron chi connectivity index (χ2n) is 22.7. The summed E-state index contributed by atoms with van der Waals surface area (Å²) in [7, 11) is 0. The number of fused-ring (bicyclic) bond motifs is 3. The zero-order valence-corrected chi connectivity index (χ0v) is 49.4. The first kappa shape index (κ1) is 54.1. The second kappa shape index (κ2) is 23.7. The molecule has 426 valence electrons. The molecule has 0 aliphatic carbocycles. The summed E-state index contributed by atoms with van der Waals surface area (Å²) in [6.45, 7) is 0. The van der Waals surface area contributed by atoms with Gasteiger partial charge in [-0.25, -0.2) is 0 Å². The molecule has 0 spiro atoms. The summed E-state index contributed by atoms with van der Waals surface area (Å²) in [5.74, 6) is 0. The van der Waals surface area contributed by atoms with Crippen LogP contribution in [0.3, 0.4) is 0 Å². The monoisotopic (exact) mass is 1160 g/mol. The lowest BCUT2D eigenvalue weighted by Crippen LogP contribution is -1.94. The minimum absolute atomic E-state index is 0.849. The van der Waals surface area contributed by atoms with E-state index in [0.717, 1.165) is 151 Å². The summed E-state index contributed by atoms with van der Waals surface area (Å²) in [5.41, 5.74) is 28.8. The predicted octanol–water partition coefficient (Wildman–Crippen LogP) is 21.2. The molecule has 0 fully saturated rings. The molecule has 7 heterocycles. The molecule has 7 aromatic heterocycles. The molecule has 0 aliphatic rings. The minimum atomic E-state index is 0.849. The first-order valence-electron chi connectivity index (χ1n) is 30.5. The van der Waals surface area contributed by atoms with Crippen molar-refractivity contribution in [2.45, 2.75) is 0 Å². The van der Waals surface area contributed by atoms with E-state index in [2.05, 4.69) is 250 Å². The van der Waals surface area contributed by atoms with Gasteiger partial charge in [-0.05, 0) is 187 Å². The van der Waals surface area contributed by atoms with Gasteiger partial charge in [-0.2, -0.15) is 0 Å². The Bertz CT molecular complexity index is 5250. The molecule has 0 unspecified atom stereocenters. The van der Waals surface area contributed by atoms with Gasteiger partial charge in [0.25, 0.3) is 0 Å². The van der Waals surface area contributed by atoms with Gasteiger partial charge in [-0.15, -0.1) is 0 Å². The summed E-state index contributed by atoms with van der Waals surface area (Å²) in [6, 6.07) is 106. The van der Waals surface area contributed by atoms with Crippen molar-refractivity contribution in [2.24, 2.45) is 0 Å². The molecule has 9 aromatic carbocycles. The number of benzene rings is 9. The maximum atomic E-state index is 4.81. The summed E-state index contributed by atoms with van der Waals surface area (Å²) >= 11 is 0. The standard InChI is InChI=1S/C84H55N7/c1-2-16-74(71-36-43-82(90-55-71)79-19-5-8-48-87-79)73(15-1)62-30-28-61(29-31-62)68-38-45-84-76(52-68)75-51-67(60-26-24-59(25-27-60)64-12-10-14-66(50-64)70-35-42-81(89-54-70)78-18-4-7-47-86-78)37-44-83(75)91(84)72-39-32-57(33-40-72)56-20-22-58(23-21-56)63-11-9-13-65(49-63)69-34-41-80(88-53-69)77-17-3-6-46-85-77/h1-55H. The summed E-state index contributed by atoms with van der Waals surface area (Å²) in [4.78, 5) is 27.8. The first-order chi connectivity index (χ1) is 45.1. The van der Waals surface area contributed by atoms with E-state index >= 15 is 0 Å². The average molecular weight is 1160 g/mol. The van der Waals surface area contributed by atoms with Crippen LogP contribution in [0.5, 0.6) is 0 Å². The summed E-state index contributed by atoms with van der Waals surface area (Å²) < 4.78 is 2.41. The van der Waals surface area contributed by atoms with E-state index < -0.39 is 0 Å². The minimum Gasteiger partial charge on any atom is -0.309 e. The molecule has 7 heteroatoms. The maximum absolute atomic E-state index is 4.81. The van der Waals surface area contributed by atoms with Gasteiger partial charge in [-0.3, -0.25) is 29.9 Å². The van der Waals surface area contributed by atoms with Gasteiger partial charge in [0, 0.05) is 70.3 Å². The number of nitrogens with zero attached hydrogens (tertiary/aromatic N) is 7. The van der Waals surface area contributed by atoms with Crippen molar-refractivity contribution >= 4 is 21.8 Å². The molecule has 0 atom stereocenters. The molecule has 0 N–H and O–H groups in total. The average Bonchev–Trinajstić information content (AvgIpc) is 1.64. The molecule has 0 radical (unpaired) electrons. The van der Waals surface area contributed by atoms with E-state index in [9.17, 15) is 0 Å². The van der Waals surface area contributed by atoms with Crippen molar-refractivity contribution in [3.8, 4) is 140 Å². The van der Waals surface area contributed by atoms with E-state index in [4.69, 9.17) is 15.0 Å². The predicted molar refractivity (Wildman–Crippen MR) is 373 cm³/mol. The van der Waals surface area contributed by atoms with Crippen molar-refractivity contribution in [2.75, 3.05) is 0 Å². The molecule has 0 saturated heterocycles. The lowest BCUT2D eigenvalue weighted by molar-refractivity contribution is 1.18. The van der Waals surface area contributed by atoms with E-state index in [1.807, 2.05) is 85.3 Å². The van der Waals surface area contributed by atoms with Crippen LogP contribution in [0.4, 0.5) is 0 Å². The summed E-state index contributed by atoms with van der Waals surface area (Å²) in [5, 5.41) is 2.37. The smallest absolute Gasteiger partial charge is 0.0886 e. The van der Waals surface area contributed by atoms with Gasteiger partial charge in [0.05, 0.1) is 45.2 Å². The zero-order chi connectivity index (χ0) is 60.5. The highest BCUT2D eigenvalue weighted by molar-refractivity contribution is 6.12. The van der Waals surface area contributed by atoms with Crippen molar-refractivity contribution in [1.29, 1.82) is 0 Å². The maximum Gasteiger partial charge on any atom is 0.0886 e. The quantitative estimate of drug-likeness (QED) is 0.114. The van der Waals surface area contributed by atoms with Crippen LogP contribution in [-0.2, 0) is 0 Å². The lowest BCUT2D eigenvalue weighted by Gasteiger charge is -2.12. The fraction of sp³-hybridized carbons (Fsp3) is 0. The van der Waals surface area contributed by atoms with Crippen molar-refractivity contribution in [3.05, 3.63) is 334 Å². The third-order valence-corrected chi connectivity index (χ3v) is 17.2. The van der Waals surface area contributed by atoms with E-state index in [0.29, 0.717) is 0 Å². The number of hydrogen-bond donors (Lipinski definition) is 0. The molecule has 16 aromatic rings. The highest BCUT2D eigenvalue weighted by Gasteiger charge is 2.17. The molecule has 0 aliphatic heterocycles. The Morgan fingerprint density at radius 3 is 0.857 bits per heavy atom. The topological polar surface area (TPSA) is 82.3 Å². The highest BCUT2D eigenvalue weighted by atomic mass is 15.0. The largest absolute Gasteiger partial charge is 0.309 e. The third kappa shape index (κ3) is 10.8. The zero-order valence-electron chi connectivity index (χ0n) is 49.4. The van der Waals surface area contributed by atoms with Crippen LogP contribution in [0.25, 0.3) is 162 Å². The SMILES string of the molecule is c1ccc(-c2ccc(-c3cccc(-c4ccc(-c5ccc(-n6c7ccc(-c8ccc(-c9cccc(-c%10ccc(-c%11ccccn%11)nc%10)c9)cc8)cc7c7cc(-c8ccc(-c9ccccc9-c9ccc(-c%10ccccn%10)nc9)cc8)ccc76)cc5)cc4)c3)cn2)nc1. The van der Waals surface area contributed by atoms with Crippen LogP contribution in [-0.4, -0.2) is 34.5 Å². The van der Waals surface area contributed by atoms with E-state index in [-0.39, 0.29) is 0 Å². The van der Waals surface area contributed by atoms with Crippen LogP contribution >= 0.6 is 0 Å². The first-order valence-corrected chi connectivity index (χ1v) is 30.5. The highest BCUT2D eigenvalue weighted by Crippen LogP contribution is 2.40. The molecular weight excluding hydrogens is 1110 g/mol. The van der Waals surface area contributed by atoms with Crippen LogP contribution < -0.4 is 0 Å². The summed E-state index contributed by atoms with van der Waals surface area (Å²) in [6.07, 6.45) is 11.2. The van der Waals surface area contributed by atoms with Crippen LogP contribution in [0.15, 0.2) is 334 Å². The number of aromatic nitrogens is 7. The fourth-order valence-corrected chi connectivity index (χ4v) is 12.4. The van der Waals surface area contributed by atoms with Gasteiger partial charge in [-0.1, -0.05) is 194 Å². The van der Waals surface area contributed by atoms with Crippen molar-refractivity contribution in [3.63, 3.8) is 0 Å². The van der Waals surface area contributed by atoms with Crippen molar-refractivity contribution in [1.82, 2.24) is 34.5 Å². The molecule has 7 nitrogen and oxygen atoms in total. The molecule has 0 amide bonds. The van der Waals surface area contributed by atoms with Gasteiger partial charge < -0.3 is 4.57 Å². The number of rotatable bonds is 13. The number of hydrogen-bond acceptors (Lipinski definition) is 6. The Balaban J connectivity index is 0.708. The fourth-order valence-electron chi connectivity index (χ4n) is 12.4. The van der Waals surface area contributed by atoms with Crippen LogP contribution in [0.2, 0.25) is 0 Å². The Morgan fingerprint density at radius 1 is 0.187 bits per heavy atom. The van der Waals surface area contributed by atoms with E-state index in [1.165, 1.54) is 10.8 Å². The van der Waals surface area contributed by atoms with Gasteiger partial charge in [0.1, 0.15) is 0 Å². The Labute approximate surface area is 527 Å². The Morgan fingerprint density at radius 2 is 0.484 bits per heavy atom. The van der Waals surface area contributed by atoms with Gasteiger partial charge in [0.15, 0.2) is 0 Å². The number of pyridine rings is 6. The molecule has 16 rings (SSSR count). The molecule has 91 heavy (non-hydrogen) atoms.